The average Bonchev–Trinajstić information content (AvgIpc) is 2.16. The molecule has 0 N–H and O–H groups in total. The number of hydrogen-bond acceptors (Lipinski definition) is 12. The van der Waals surface area contributed by atoms with Crippen LogP contribution in [0, 0.1) is 0 Å². The summed E-state index contributed by atoms with van der Waals surface area (Å²) < 4.78 is 37.9. The fourth-order valence-electron chi connectivity index (χ4n) is 0. The monoisotopic (exact) mass is 404 g/mol. The molecule has 0 saturated heterocycles. The van der Waals surface area contributed by atoms with Crippen LogP contribution in [0.5, 0.6) is 0 Å². The van der Waals surface area contributed by atoms with Crippen LogP contribution < -0.4 is 58.9 Å². The fraction of sp³-hybridized carbons (Fsp3) is 1.00. The van der Waals surface area contributed by atoms with Crippen molar-refractivity contribution in [2.45, 2.75) is 0 Å². The Morgan fingerprint density at radius 3 is 0.650 bits per heavy atom. The molecule has 0 aliphatic rings. The quantitative estimate of drug-likeness (QED) is 0.316. The molecule has 0 aliphatic carbocycles. The summed E-state index contributed by atoms with van der Waals surface area (Å²) in [5.41, 5.74) is 0. The molecule has 0 amide bonds. The van der Waals surface area contributed by atoms with Gasteiger partial charge in [-0.3, -0.25) is 0 Å². The molecule has 12 nitrogen and oxygen atoms in total. The van der Waals surface area contributed by atoms with Gasteiger partial charge in [-0.25, -0.2) is 0 Å². The molecule has 0 spiro atoms. The molecule has 0 aromatic rings. The van der Waals surface area contributed by atoms with Crippen LogP contribution in [0.2, 0.25) is 0 Å². The van der Waals surface area contributed by atoms with E-state index in [0.29, 0.717) is 0 Å². The zero-order valence-electron chi connectivity index (χ0n) is 10.7. The third-order valence-electron chi connectivity index (χ3n) is 0.671. The summed E-state index contributed by atoms with van der Waals surface area (Å²) >= 11 is 0. The minimum Gasteiger partial charge on any atom is -0.790 e. The van der Waals surface area contributed by atoms with Gasteiger partial charge >= 0.3 is 29.6 Å². The third kappa shape index (κ3) is 59.8. The van der Waals surface area contributed by atoms with Crippen molar-refractivity contribution >= 4 is 23.5 Å². The fourth-order valence-corrected chi connectivity index (χ4v) is 0. The summed E-state index contributed by atoms with van der Waals surface area (Å²) in [6.45, 7) is 0. The van der Waals surface area contributed by atoms with Crippen molar-refractivity contribution in [2.75, 3.05) is 21.3 Å². The van der Waals surface area contributed by atoms with E-state index in [1.165, 1.54) is 0 Å². The van der Waals surface area contributed by atoms with Gasteiger partial charge in [-0.1, -0.05) is 0 Å². The Labute approximate surface area is 149 Å². The van der Waals surface area contributed by atoms with E-state index in [2.05, 4.69) is 13.6 Å². The molecular formula is C3H9NaO12P3V-5. The molecule has 0 rings (SSSR count). The van der Waals surface area contributed by atoms with Gasteiger partial charge in [0.05, 0.1) is 23.5 Å². The Morgan fingerprint density at radius 1 is 0.600 bits per heavy atom. The standard InChI is InChI=1S/3CH5O4P.Na.V/c3*1-5-6(2,3)4;;/h3*1H3,(H2,2,3,4);;/q;;;+1;/p-6. The average molecular weight is 404 g/mol. The van der Waals surface area contributed by atoms with Gasteiger partial charge in [-0.15, -0.1) is 0 Å². The first-order valence-corrected chi connectivity index (χ1v) is 7.80. The second-order valence-electron chi connectivity index (χ2n) is 1.89. The van der Waals surface area contributed by atoms with Gasteiger partial charge in [0, 0.05) is 39.9 Å². The Hall–Kier alpha value is 1.91. The molecule has 0 aliphatic heterocycles. The van der Waals surface area contributed by atoms with Crippen LogP contribution >= 0.6 is 23.5 Å². The molecule has 0 fully saturated rings. The third-order valence-corrected chi connectivity index (χ3v) is 2.01. The van der Waals surface area contributed by atoms with Crippen LogP contribution in [0.15, 0.2) is 0 Å². The molecular weight excluding hydrogens is 395 g/mol. The SMILES string of the molecule is COP(=O)([O-])[O-].COP(=O)([O-])[O-].COP(=O)([O-])[O-].[Na+].[V]. The van der Waals surface area contributed by atoms with Gasteiger partial charge in [0.15, 0.2) is 0 Å². The minimum absolute atomic E-state index is 0. The van der Waals surface area contributed by atoms with E-state index in [0.717, 1.165) is 21.3 Å². The molecule has 0 atom stereocenters. The summed E-state index contributed by atoms with van der Waals surface area (Å²) in [5.74, 6) is 0. The maximum Gasteiger partial charge on any atom is 1.00 e. The van der Waals surface area contributed by atoms with E-state index in [1.807, 2.05) is 0 Å². The van der Waals surface area contributed by atoms with Crippen LogP contribution in [0.25, 0.3) is 0 Å². The van der Waals surface area contributed by atoms with Crippen molar-refractivity contribution in [3.63, 3.8) is 0 Å². The van der Waals surface area contributed by atoms with Crippen LogP contribution in [0.3, 0.4) is 0 Å². The predicted octanol–water partition coefficient (Wildman–Crippen LogP) is -7.61. The van der Waals surface area contributed by atoms with Crippen LogP contribution in [-0.2, 0) is 45.8 Å². The first kappa shape index (κ1) is 33.5. The Bertz CT molecular complexity index is 279. The molecule has 0 aromatic heterocycles. The van der Waals surface area contributed by atoms with Crippen molar-refractivity contribution in [3.8, 4) is 0 Å². The van der Waals surface area contributed by atoms with Gasteiger partial charge in [-0.2, -0.15) is 0 Å². The first-order valence-electron chi connectivity index (χ1n) is 3.42. The molecule has 20 heavy (non-hydrogen) atoms. The molecule has 17 heteroatoms. The largest absolute Gasteiger partial charge is 1.00 e. The summed E-state index contributed by atoms with van der Waals surface area (Å²) in [6.07, 6.45) is 0. The van der Waals surface area contributed by atoms with Crippen LogP contribution in [-0.4, -0.2) is 21.3 Å². The molecule has 119 valence electrons. The van der Waals surface area contributed by atoms with Crippen LogP contribution in [0.4, 0.5) is 0 Å². The maximum atomic E-state index is 9.25. The second-order valence-corrected chi connectivity index (χ2v) is 5.67. The number of hydrogen-bond donors (Lipinski definition) is 0. The molecule has 0 aromatic carbocycles. The summed E-state index contributed by atoms with van der Waals surface area (Å²) in [5, 5.41) is 0. The van der Waals surface area contributed by atoms with Crippen molar-refractivity contribution in [3.05, 3.63) is 0 Å². The summed E-state index contributed by atoms with van der Waals surface area (Å²) in [4.78, 5) is 55.5. The molecule has 0 unspecified atom stereocenters. The molecule has 0 bridgehead atoms. The second kappa shape index (κ2) is 15.8. The summed E-state index contributed by atoms with van der Waals surface area (Å²) in [6, 6.07) is 0. The van der Waals surface area contributed by atoms with Crippen molar-refractivity contribution in [2.24, 2.45) is 0 Å². The Kier molecular flexibility index (Phi) is 26.5. The van der Waals surface area contributed by atoms with E-state index in [1.54, 1.807) is 0 Å². The van der Waals surface area contributed by atoms with Gasteiger partial charge < -0.3 is 56.6 Å². The normalized spacial score (nSPS) is 10.7. The van der Waals surface area contributed by atoms with Gasteiger partial charge in [0.2, 0.25) is 0 Å². The number of phosphoric acid groups is 3. The Balaban J connectivity index is -0.0000000536. The van der Waals surface area contributed by atoms with Crippen molar-refractivity contribution in [1.29, 1.82) is 0 Å². The van der Waals surface area contributed by atoms with Crippen LogP contribution in [0.1, 0.15) is 0 Å². The summed E-state index contributed by atoms with van der Waals surface area (Å²) in [7, 11) is -11.5. The van der Waals surface area contributed by atoms with Crippen molar-refractivity contribution in [1.82, 2.24) is 0 Å². The van der Waals surface area contributed by atoms with E-state index < -0.39 is 23.5 Å². The van der Waals surface area contributed by atoms with E-state index in [9.17, 15) is 43.1 Å². The Morgan fingerprint density at radius 2 is 0.650 bits per heavy atom. The van der Waals surface area contributed by atoms with Crippen molar-refractivity contribution < 1.29 is 105 Å². The molecule has 1 radical (unpaired) electrons. The zero-order valence-corrected chi connectivity index (χ0v) is 16.8. The van der Waals surface area contributed by atoms with Gasteiger partial charge in [-0.05, 0) is 0 Å². The van der Waals surface area contributed by atoms with E-state index >= 15 is 0 Å². The zero-order chi connectivity index (χ0) is 15.6. The number of phosphoric ester groups is 3. The smallest absolute Gasteiger partial charge is 0.790 e. The van der Waals surface area contributed by atoms with E-state index in [-0.39, 0.29) is 48.1 Å². The van der Waals surface area contributed by atoms with E-state index in [4.69, 9.17) is 0 Å². The predicted molar refractivity (Wildman–Crippen MR) is 43.8 cm³/mol. The molecule has 0 heterocycles. The van der Waals surface area contributed by atoms with Gasteiger partial charge in [0.1, 0.15) is 0 Å². The maximum absolute atomic E-state index is 9.25. The first-order chi connectivity index (χ1) is 7.68. The topological polar surface area (TPSA) is 217 Å². The molecule has 0 saturated carbocycles. The minimum atomic E-state index is -4.65. The number of rotatable bonds is 3. The van der Waals surface area contributed by atoms with Gasteiger partial charge in [0.25, 0.3) is 0 Å².